The van der Waals surface area contributed by atoms with Crippen LogP contribution in [0.3, 0.4) is 0 Å². The molecule has 2 N–H and O–H groups in total. The van der Waals surface area contributed by atoms with E-state index in [9.17, 15) is 18.6 Å². The van der Waals surface area contributed by atoms with Gasteiger partial charge in [0.2, 0.25) is 9.84 Å². The zero-order chi connectivity index (χ0) is 16.8. The first kappa shape index (κ1) is 16.4. The minimum absolute atomic E-state index is 0.0385. The molecule has 4 nitrogen and oxygen atoms in total. The third kappa shape index (κ3) is 2.46. The molecular weight excluding hydrogens is 300 g/mol. The molecule has 118 valence electrons. The van der Waals surface area contributed by atoms with Crippen LogP contribution in [-0.4, -0.2) is 18.6 Å². The number of aryl methyl sites for hydroxylation is 2. The second-order valence-electron chi connectivity index (χ2n) is 5.68. The molecule has 2 aromatic carbocycles. The number of rotatable bonds is 2. The van der Waals surface area contributed by atoms with E-state index in [1.165, 1.54) is 12.1 Å². The van der Waals surface area contributed by atoms with Crippen LogP contribution in [0.5, 0.6) is 11.5 Å². The van der Waals surface area contributed by atoms with Crippen LogP contribution < -0.4 is 0 Å². The van der Waals surface area contributed by atoms with Gasteiger partial charge < -0.3 is 10.2 Å². The van der Waals surface area contributed by atoms with E-state index in [0.29, 0.717) is 27.8 Å². The monoisotopic (exact) mass is 320 g/mol. The van der Waals surface area contributed by atoms with Crippen LogP contribution in [0.15, 0.2) is 28.0 Å². The molecule has 0 aliphatic rings. The van der Waals surface area contributed by atoms with Crippen LogP contribution in [0.4, 0.5) is 0 Å². The largest absolute Gasteiger partial charge is 0.508 e. The summed E-state index contributed by atoms with van der Waals surface area (Å²) < 4.78 is 25.8. The molecule has 0 spiro atoms. The van der Waals surface area contributed by atoms with Crippen LogP contribution in [0, 0.1) is 34.6 Å². The lowest BCUT2D eigenvalue weighted by molar-refractivity contribution is 0.465. The molecule has 0 heterocycles. The Hall–Kier alpha value is -2.01. The van der Waals surface area contributed by atoms with Crippen LogP contribution in [0.2, 0.25) is 0 Å². The maximum absolute atomic E-state index is 12.9. The van der Waals surface area contributed by atoms with Crippen molar-refractivity contribution in [1.82, 2.24) is 0 Å². The van der Waals surface area contributed by atoms with Crippen LogP contribution in [0.1, 0.15) is 27.8 Å². The van der Waals surface area contributed by atoms with E-state index in [-0.39, 0.29) is 21.3 Å². The first-order chi connectivity index (χ1) is 10.1. The summed E-state index contributed by atoms with van der Waals surface area (Å²) in [4.78, 5) is 0.212. The second kappa shape index (κ2) is 5.32. The molecule has 0 aliphatic carbocycles. The summed E-state index contributed by atoms with van der Waals surface area (Å²) in [7, 11) is -3.76. The number of aromatic hydroxyl groups is 2. The van der Waals surface area contributed by atoms with Gasteiger partial charge in [0.1, 0.15) is 11.5 Å². The standard InChI is InChI=1S/C17H20O4S/c1-9-6-14(8-15(18)11(9)3)22(20,21)16-7-10(2)17(19)13(5)12(16)4/h6-8,18-19H,1-5H3. The van der Waals surface area contributed by atoms with Gasteiger partial charge in [-0.25, -0.2) is 8.42 Å². The van der Waals surface area contributed by atoms with Crippen molar-refractivity contribution in [2.24, 2.45) is 0 Å². The van der Waals surface area contributed by atoms with E-state index in [1.54, 1.807) is 40.7 Å². The van der Waals surface area contributed by atoms with Crippen molar-refractivity contribution < 1.29 is 18.6 Å². The van der Waals surface area contributed by atoms with Crippen molar-refractivity contribution in [2.75, 3.05) is 0 Å². The van der Waals surface area contributed by atoms with E-state index < -0.39 is 9.84 Å². The number of hydrogen-bond acceptors (Lipinski definition) is 4. The maximum atomic E-state index is 12.9. The fourth-order valence-corrected chi connectivity index (χ4v) is 4.14. The van der Waals surface area contributed by atoms with Gasteiger partial charge in [0.15, 0.2) is 0 Å². The summed E-state index contributed by atoms with van der Waals surface area (Å²) >= 11 is 0. The highest BCUT2D eigenvalue weighted by atomic mass is 32.2. The van der Waals surface area contributed by atoms with E-state index in [0.717, 1.165) is 0 Å². The van der Waals surface area contributed by atoms with Gasteiger partial charge in [0.25, 0.3) is 0 Å². The SMILES string of the molecule is Cc1cc(S(=O)(=O)c2cc(C)c(O)c(C)c2C)cc(O)c1C. The van der Waals surface area contributed by atoms with E-state index in [4.69, 9.17) is 0 Å². The van der Waals surface area contributed by atoms with Gasteiger partial charge in [-0.3, -0.25) is 0 Å². The topological polar surface area (TPSA) is 74.6 Å². The number of phenolic OH excluding ortho intramolecular Hbond substituents is 2. The Bertz CT molecular complexity index is 842. The minimum atomic E-state index is -3.76. The lowest BCUT2D eigenvalue weighted by Crippen LogP contribution is -2.07. The smallest absolute Gasteiger partial charge is 0.207 e. The zero-order valence-electron chi connectivity index (χ0n) is 13.4. The van der Waals surface area contributed by atoms with Crippen molar-refractivity contribution in [3.05, 3.63) is 46.0 Å². The van der Waals surface area contributed by atoms with E-state index in [1.807, 2.05) is 0 Å². The molecule has 0 aromatic heterocycles. The maximum Gasteiger partial charge on any atom is 0.207 e. The molecule has 0 atom stereocenters. The molecule has 0 bridgehead atoms. The number of sulfone groups is 1. The molecule has 2 aromatic rings. The lowest BCUT2D eigenvalue weighted by atomic mass is 10.1. The summed E-state index contributed by atoms with van der Waals surface area (Å²) in [5.74, 6) is 0.0721. The van der Waals surface area contributed by atoms with Gasteiger partial charge in [-0.2, -0.15) is 0 Å². The summed E-state index contributed by atoms with van der Waals surface area (Å²) in [6.45, 7) is 8.52. The molecule has 0 radical (unpaired) electrons. The van der Waals surface area contributed by atoms with Crippen molar-refractivity contribution in [3.8, 4) is 11.5 Å². The number of phenols is 2. The molecule has 5 heteroatoms. The molecule has 22 heavy (non-hydrogen) atoms. The Balaban J connectivity index is 2.77. The molecule has 0 unspecified atom stereocenters. The number of benzene rings is 2. The highest BCUT2D eigenvalue weighted by Crippen LogP contribution is 2.34. The molecule has 0 amide bonds. The first-order valence-electron chi connectivity index (χ1n) is 6.92. The quantitative estimate of drug-likeness (QED) is 0.888. The Morgan fingerprint density at radius 1 is 0.773 bits per heavy atom. The molecule has 2 rings (SSSR count). The summed E-state index contributed by atoms with van der Waals surface area (Å²) in [6, 6.07) is 4.30. The fraction of sp³-hybridized carbons (Fsp3) is 0.294. The van der Waals surface area contributed by atoms with Crippen molar-refractivity contribution >= 4 is 9.84 Å². The third-order valence-corrected chi connectivity index (χ3v) is 6.08. The fourth-order valence-electron chi connectivity index (χ4n) is 2.40. The average Bonchev–Trinajstić information content (AvgIpc) is 2.45. The highest BCUT2D eigenvalue weighted by molar-refractivity contribution is 7.91. The Kier molecular flexibility index (Phi) is 3.96. The van der Waals surface area contributed by atoms with Crippen LogP contribution in [-0.2, 0) is 9.84 Å². The van der Waals surface area contributed by atoms with Crippen molar-refractivity contribution in [1.29, 1.82) is 0 Å². The third-order valence-electron chi connectivity index (χ3n) is 4.22. The van der Waals surface area contributed by atoms with Crippen molar-refractivity contribution in [2.45, 2.75) is 44.4 Å². The van der Waals surface area contributed by atoms with Gasteiger partial charge in [0, 0.05) is 0 Å². The van der Waals surface area contributed by atoms with Gasteiger partial charge in [-0.05, 0) is 80.6 Å². The first-order valence-corrected chi connectivity index (χ1v) is 8.40. The minimum Gasteiger partial charge on any atom is -0.508 e. The second-order valence-corrected chi connectivity index (χ2v) is 7.60. The zero-order valence-corrected chi connectivity index (χ0v) is 14.2. The summed E-state index contributed by atoms with van der Waals surface area (Å²) in [5.41, 5.74) is 2.94. The predicted molar refractivity (Wildman–Crippen MR) is 85.4 cm³/mol. The van der Waals surface area contributed by atoms with Crippen LogP contribution >= 0.6 is 0 Å². The normalized spacial score (nSPS) is 11.7. The molecule has 0 aliphatic heterocycles. The van der Waals surface area contributed by atoms with Crippen molar-refractivity contribution in [3.63, 3.8) is 0 Å². The molecular formula is C17H20O4S. The van der Waals surface area contributed by atoms with Crippen LogP contribution in [0.25, 0.3) is 0 Å². The average molecular weight is 320 g/mol. The Morgan fingerprint density at radius 3 is 1.91 bits per heavy atom. The highest BCUT2D eigenvalue weighted by Gasteiger charge is 2.24. The van der Waals surface area contributed by atoms with Gasteiger partial charge >= 0.3 is 0 Å². The Labute approximate surface area is 131 Å². The lowest BCUT2D eigenvalue weighted by Gasteiger charge is -2.15. The summed E-state index contributed by atoms with van der Waals surface area (Å²) in [5, 5.41) is 19.8. The van der Waals surface area contributed by atoms with E-state index in [2.05, 4.69) is 0 Å². The molecule has 0 saturated carbocycles. The van der Waals surface area contributed by atoms with Gasteiger partial charge in [-0.15, -0.1) is 0 Å². The van der Waals surface area contributed by atoms with Gasteiger partial charge in [-0.1, -0.05) is 0 Å². The van der Waals surface area contributed by atoms with Gasteiger partial charge in [0.05, 0.1) is 9.79 Å². The van der Waals surface area contributed by atoms with E-state index >= 15 is 0 Å². The molecule has 0 saturated heterocycles. The molecule has 0 fully saturated rings. The summed E-state index contributed by atoms with van der Waals surface area (Å²) in [6.07, 6.45) is 0. The Morgan fingerprint density at radius 2 is 1.36 bits per heavy atom. The number of hydrogen-bond donors (Lipinski definition) is 2. The predicted octanol–water partition coefficient (Wildman–Crippen LogP) is 3.47.